The molecule has 228 valence electrons. The van der Waals surface area contributed by atoms with E-state index in [1.54, 1.807) is 30.6 Å². The number of fused-ring (bicyclic) bond motifs is 1. The van der Waals surface area contributed by atoms with Crippen molar-refractivity contribution in [2.24, 2.45) is 11.1 Å². The predicted molar refractivity (Wildman–Crippen MR) is 158 cm³/mol. The van der Waals surface area contributed by atoms with Gasteiger partial charge in [0, 0.05) is 30.5 Å². The second-order valence-electron chi connectivity index (χ2n) is 9.75. The number of hydrogen-bond acceptors (Lipinski definition) is 14. The molecule has 0 saturated carbocycles. The summed E-state index contributed by atoms with van der Waals surface area (Å²) in [5.41, 5.74) is 6.41. The number of hydrogen-bond donors (Lipinski definition) is 3. The predicted octanol–water partition coefficient (Wildman–Crippen LogP) is 2.75. The van der Waals surface area contributed by atoms with Gasteiger partial charge in [-0.25, -0.2) is 14.6 Å². The maximum Gasteiger partial charge on any atom is 0.511 e. The Morgan fingerprint density at radius 3 is 2.72 bits per heavy atom. The van der Waals surface area contributed by atoms with Crippen LogP contribution in [0, 0.1) is 5.92 Å². The highest BCUT2D eigenvalue weighted by molar-refractivity contribution is 8.00. The van der Waals surface area contributed by atoms with Crippen molar-refractivity contribution in [1.29, 1.82) is 0 Å². The number of nitrogen functional groups attached to an aromatic ring is 1. The Kier molecular flexibility index (Phi) is 10.4. The van der Waals surface area contributed by atoms with E-state index in [2.05, 4.69) is 20.4 Å². The number of aromatic nitrogens is 2. The van der Waals surface area contributed by atoms with Crippen molar-refractivity contribution in [2.75, 3.05) is 18.1 Å². The number of nitrogens with one attached hydrogen (secondary N) is 1. The molecule has 1 unspecified atom stereocenters. The molecule has 0 spiro atoms. The molecule has 14 nitrogen and oxygen atoms in total. The normalized spacial score (nSPS) is 19.1. The smallest absolute Gasteiger partial charge is 0.434 e. The van der Waals surface area contributed by atoms with Crippen molar-refractivity contribution in [1.82, 2.24) is 20.2 Å². The van der Waals surface area contributed by atoms with Crippen LogP contribution in [0.25, 0.3) is 6.08 Å². The van der Waals surface area contributed by atoms with E-state index in [-0.39, 0.29) is 28.9 Å². The average molecular weight is 631 g/mol. The SMILES string of the molecule is CC(C)CCOC(=O)OC(C)OC(=O)C1=C(/C=C\c2cccnc2)CS[C@@H]2[C@H](NC(=O)C(=NO)c3csc(N)n3)C(=O)N12. The number of β-lactam (4-membered cyclic amide) rings is 1. The first kappa shape index (κ1) is 31.5. The number of oxime groups is 1. The van der Waals surface area contributed by atoms with Gasteiger partial charge in [0.25, 0.3) is 11.8 Å². The van der Waals surface area contributed by atoms with Crippen LogP contribution < -0.4 is 11.1 Å². The second-order valence-corrected chi connectivity index (χ2v) is 11.7. The molecule has 3 atom stereocenters. The van der Waals surface area contributed by atoms with E-state index in [4.69, 9.17) is 19.9 Å². The molecule has 0 aliphatic carbocycles. The Balaban J connectivity index is 1.51. The molecule has 0 radical (unpaired) electrons. The number of carbonyl (C=O) groups excluding carboxylic acids is 4. The van der Waals surface area contributed by atoms with Gasteiger partial charge in [0.1, 0.15) is 22.8 Å². The molecular formula is C27H30N6O8S2. The van der Waals surface area contributed by atoms with Crippen LogP contribution in [0.2, 0.25) is 0 Å². The van der Waals surface area contributed by atoms with Crippen molar-refractivity contribution in [3.63, 3.8) is 0 Å². The van der Waals surface area contributed by atoms with Crippen molar-refractivity contribution in [3.05, 3.63) is 58.5 Å². The molecule has 1 fully saturated rings. The molecule has 1 saturated heterocycles. The second kappa shape index (κ2) is 14.2. The monoisotopic (exact) mass is 630 g/mol. The lowest BCUT2D eigenvalue weighted by Crippen LogP contribution is -2.71. The molecule has 2 aliphatic heterocycles. The van der Waals surface area contributed by atoms with Gasteiger partial charge < -0.3 is 30.5 Å². The summed E-state index contributed by atoms with van der Waals surface area (Å²) >= 11 is 2.36. The Morgan fingerprint density at radius 2 is 2.07 bits per heavy atom. The molecule has 0 aromatic carbocycles. The first-order valence-corrected chi connectivity index (χ1v) is 15.1. The number of thioether (sulfide) groups is 1. The highest BCUT2D eigenvalue weighted by Gasteiger charge is 2.54. The average Bonchev–Trinajstić information content (AvgIpc) is 3.40. The minimum Gasteiger partial charge on any atom is -0.434 e. The summed E-state index contributed by atoms with van der Waals surface area (Å²) in [6.07, 6.45) is 4.99. The van der Waals surface area contributed by atoms with E-state index in [1.165, 1.54) is 29.0 Å². The lowest BCUT2D eigenvalue weighted by atomic mass is 10.0. The molecule has 2 amide bonds. The highest BCUT2D eigenvalue weighted by atomic mass is 32.2. The van der Waals surface area contributed by atoms with Gasteiger partial charge in [0.15, 0.2) is 10.8 Å². The fourth-order valence-corrected chi connectivity index (χ4v) is 5.89. The largest absolute Gasteiger partial charge is 0.511 e. The van der Waals surface area contributed by atoms with Crippen LogP contribution >= 0.6 is 23.1 Å². The Hall–Kier alpha value is -4.44. The minimum atomic E-state index is -1.32. The van der Waals surface area contributed by atoms with E-state index in [1.807, 2.05) is 19.9 Å². The van der Waals surface area contributed by atoms with Crippen molar-refractivity contribution in [2.45, 2.75) is 44.9 Å². The fraction of sp³-hybridized carbons (Fsp3) is 0.370. The summed E-state index contributed by atoms with van der Waals surface area (Å²) in [7, 11) is 0. The van der Waals surface area contributed by atoms with Crippen LogP contribution in [-0.4, -0.2) is 79.8 Å². The number of nitrogens with zero attached hydrogens (tertiary/aromatic N) is 4. The molecule has 2 aromatic heterocycles. The van der Waals surface area contributed by atoms with Gasteiger partial charge in [0.05, 0.1) is 6.61 Å². The summed E-state index contributed by atoms with van der Waals surface area (Å²) < 4.78 is 15.4. The van der Waals surface area contributed by atoms with Crippen LogP contribution in [0.1, 0.15) is 38.4 Å². The van der Waals surface area contributed by atoms with Gasteiger partial charge in [-0.2, -0.15) is 0 Å². The van der Waals surface area contributed by atoms with E-state index in [9.17, 15) is 24.4 Å². The molecule has 2 aliphatic rings. The Labute approximate surface area is 255 Å². The number of nitrogens with two attached hydrogens (primary N) is 1. The number of thiazole rings is 1. The van der Waals surface area contributed by atoms with Gasteiger partial charge >= 0.3 is 12.1 Å². The summed E-state index contributed by atoms with van der Waals surface area (Å²) in [6.45, 7) is 5.46. The lowest BCUT2D eigenvalue weighted by Gasteiger charge is -2.49. The maximum atomic E-state index is 13.4. The number of amides is 2. The van der Waals surface area contributed by atoms with Crippen molar-refractivity contribution < 1.29 is 38.6 Å². The maximum absolute atomic E-state index is 13.4. The lowest BCUT2D eigenvalue weighted by molar-refractivity contribution is -0.169. The third-order valence-electron chi connectivity index (χ3n) is 6.17. The Morgan fingerprint density at radius 1 is 1.28 bits per heavy atom. The molecule has 4 N–H and O–H groups in total. The number of rotatable bonds is 11. The standard InChI is InChI=1S/C27H30N6O8S2/c1-14(2)8-10-39-27(37)41-15(3)40-25(36)21-17(7-6-16-5-4-9-29-11-16)12-42-24-20(23(35)33(21)24)31-22(34)19(32-38)18-13-43-26(28)30-18/h4-7,9,11,13-15,20,24,38H,8,10,12H2,1-3H3,(H2,28,30)(H,31,34)/b7-6-,32-19?/t15?,20-,24-/m1/s1. The quantitative estimate of drug-likeness (QED) is 0.0821. The van der Waals surface area contributed by atoms with Crippen molar-refractivity contribution in [3.8, 4) is 0 Å². The fourth-order valence-electron chi connectivity index (χ4n) is 4.03. The number of allylic oxidation sites excluding steroid dienone is 1. The zero-order valence-corrected chi connectivity index (χ0v) is 25.1. The Bertz CT molecular complexity index is 1460. The summed E-state index contributed by atoms with van der Waals surface area (Å²) in [6, 6.07) is 2.53. The molecule has 4 rings (SSSR count). The first-order valence-electron chi connectivity index (χ1n) is 13.1. The van der Waals surface area contributed by atoms with E-state index in [0.717, 1.165) is 16.9 Å². The van der Waals surface area contributed by atoms with Gasteiger partial charge in [-0.05, 0) is 29.5 Å². The van der Waals surface area contributed by atoms with E-state index >= 15 is 0 Å². The molecule has 16 heteroatoms. The first-order chi connectivity index (χ1) is 20.6. The zero-order valence-electron chi connectivity index (χ0n) is 23.5. The number of anilines is 1. The number of esters is 1. The topological polar surface area (TPSA) is 196 Å². The minimum absolute atomic E-state index is 0.0473. The van der Waals surface area contributed by atoms with Crippen LogP contribution in [0.5, 0.6) is 0 Å². The van der Waals surface area contributed by atoms with E-state index < -0.39 is 47.4 Å². The number of pyridine rings is 1. The number of carbonyl (C=O) groups is 4. The van der Waals surface area contributed by atoms with Gasteiger partial charge in [-0.3, -0.25) is 19.5 Å². The zero-order chi connectivity index (χ0) is 31.1. The van der Waals surface area contributed by atoms with Gasteiger partial charge in [-0.15, -0.1) is 23.1 Å². The van der Waals surface area contributed by atoms with Crippen LogP contribution in [0.4, 0.5) is 9.93 Å². The van der Waals surface area contributed by atoms with Crippen molar-refractivity contribution >= 4 is 64.0 Å². The van der Waals surface area contributed by atoms with Crippen LogP contribution in [-0.2, 0) is 28.6 Å². The summed E-state index contributed by atoms with van der Waals surface area (Å²) in [5.74, 6) is -1.76. The molecule has 43 heavy (non-hydrogen) atoms. The molecule has 2 aromatic rings. The van der Waals surface area contributed by atoms with Gasteiger partial charge in [0.2, 0.25) is 6.29 Å². The number of ether oxygens (including phenoxy) is 3. The molecular weight excluding hydrogens is 600 g/mol. The highest BCUT2D eigenvalue weighted by Crippen LogP contribution is 2.41. The third-order valence-corrected chi connectivity index (χ3v) is 8.15. The summed E-state index contributed by atoms with van der Waals surface area (Å²) in [4.78, 5) is 60.8. The summed E-state index contributed by atoms with van der Waals surface area (Å²) in [5, 5.41) is 15.9. The van der Waals surface area contributed by atoms with E-state index in [0.29, 0.717) is 17.9 Å². The van der Waals surface area contributed by atoms with Crippen LogP contribution in [0.3, 0.4) is 0 Å². The van der Waals surface area contributed by atoms with Gasteiger partial charge in [-0.1, -0.05) is 37.2 Å². The molecule has 4 heterocycles. The molecule has 0 bridgehead atoms. The van der Waals surface area contributed by atoms with Crippen LogP contribution in [0.15, 0.2) is 52.4 Å². The third kappa shape index (κ3) is 7.70.